The Morgan fingerprint density at radius 1 is 1.04 bits per heavy atom. The number of carbonyl (C=O) groups is 2. The van der Waals surface area contributed by atoms with Gasteiger partial charge in [0.2, 0.25) is 5.91 Å². The van der Waals surface area contributed by atoms with Crippen LogP contribution >= 0.6 is 0 Å². The van der Waals surface area contributed by atoms with Gasteiger partial charge in [0.05, 0.1) is 6.26 Å². The van der Waals surface area contributed by atoms with E-state index in [-0.39, 0.29) is 17.2 Å². The minimum atomic E-state index is -0.247. The van der Waals surface area contributed by atoms with Crippen molar-refractivity contribution in [2.75, 3.05) is 13.1 Å². The van der Waals surface area contributed by atoms with Gasteiger partial charge in [-0.25, -0.2) is 0 Å². The Bertz CT molecular complexity index is 691. The molecule has 2 aromatic rings. The fourth-order valence-electron chi connectivity index (χ4n) is 3.26. The Labute approximate surface area is 147 Å². The van der Waals surface area contributed by atoms with Crippen molar-refractivity contribution in [1.29, 1.82) is 0 Å². The van der Waals surface area contributed by atoms with Gasteiger partial charge < -0.3 is 15.1 Å². The van der Waals surface area contributed by atoms with Gasteiger partial charge in [0, 0.05) is 24.9 Å². The van der Waals surface area contributed by atoms with E-state index in [9.17, 15) is 9.59 Å². The highest BCUT2D eigenvalue weighted by atomic mass is 16.3. The van der Waals surface area contributed by atoms with E-state index in [2.05, 4.69) is 34.9 Å². The molecule has 0 aliphatic heterocycles. The normalized spacial score (nSPS) is 15.2. The van der Waals surface area contributed by atoms with E-state index < -0.39 is 0 Å². The van der Waals surface area contributed by atoms with Gasteiger partial charge in [0.25, 0.3) is 5.91 Å². The molecule has 0 radical (unpaired) electrons. The lowest BCUT2D eigenvalue weighted by atomic mass is 9.64. The summed E-state index contributed by atoms with van der Waals surface area (Å²) in [4.78, 5) is 23.8. The molecule has 1 heterocycles. The van der Waals surface area contributed by atoms with Crippen molar-refractivity contribution in [2.24, 2.45) is 0 Å². The lowest BCUT2D eigenvalue weighted by Gasteiger charge is -2.42. The fraction of sp³-hybridized carbons (Fsp3) is 0.400. The number of carbonyl (C=O) groups excluding carboxylic acids is 2. The van der Waals surface area contributed by atoms with Crippen LogP contribution in [0.5, 0.6) is 0 Å². The highest BCUT2D eigenvalue weighted by Crippen LogP contribution is 2.43. The molecule has 3 rings (SSSR count). The standard InChI is InChI=1S/C20H24N2O3/c23-18(10-4-13-21-19(24)17-9-5-14-25-17)22-15-20(11-6-12-20)16-7-2-1-3-8-16/h1-3,5,7-9,14H,4,6,10-13,15H2,(H,21,24)(H,22,23). The summed E-state index contributed by atoms with van der Waals surface area (Å²) in [7, 11) is 0. The fourth-order valence-corrected chi connectivity index (χ4v) is 3.26. The summed E-state index contributed by atoms with van der Waals surface area (Å²) < 4.78 is 5.02. The zero-order chi connectivity index (χ0) is 17.5. The molecule has 0 unspecified atom stereocenters. The van der Waals surface area contributed by atoms with Crippen LogP contribution in [0.25, 0.3) is 0 Å². The maximum Gasteiger partial charge on any atom is 0.286 e. The quantitative estimate of drug-likeness (QED) is 0.726. The van der Waals surface area contributed by atoms with E-state index in [1.54, 1.807) is 12.1 Å². The molecule has 2 N–H and O–H groups in total. The number of furan rings is 1. The van der Waals surface area contributed by atoms with Crippen molar-refractivity contribution in [3.8, 4) is 0 Å². The molecule has 1 aromatic heterocycles. The maximum absolute atomic E-state index is 12.1. The van der Waals surface area contributed by atoms with E-state index in [4.69, 9.17) is 4.42 Å². The molecule has 0 atom stereocenters. The molecule has 1 aromatic carbocycles. The van der Waals surface area contributed by atoms with Crippen LogP contribution in [-0.4, -0.2) is 24.9 Å². The van der Waals surface area contributed by atoms with Crippen LogP contribution in [0.15, 0.2) is 53.1 Å². The van der Waals surface area contributed by atoms with Gasteiger partial charge in [0.1, 0.15) is 0 Å². The summed E-state index contributed by atoms with van der Waals surface area (Å²) in [6.45, 7) is 1.14. The number of amides is 2. The first-order valence-electron chi connectivity index (χ1n) is 8.84. The number of benzene rings is 1. The Morgan fingerprint density at radius 2 is 1.84 bits per heavy atom. The average Bonchev–Trinajstić information content (AvgIpc) is 3.13. The Morgan fingerprint density at radius 3 is 2.48 bits per heavy atom. The zero-order valence-corrected chi connectivity index (χ0v) is 14.3. The van der Waals surface area contributed by atoms with E-state index >= 15 is 0 Å². The SMILES string of the molecule is O=C(CCCNC(=O)c1ccco1)NCC1(c2ccccc2)CCC1. The predicted molar refractivity (Wildman–Crippen MR) is 95.3 cm³/mol. The molecule has 1 aliphatic carbocycles. The van der Waals surface area contributed by atoms with E-state index in [1.807, 2.05) is 6.07 Å². The minimum Gasteiger partial charge on any atom is -0.459 e. The third-order valence-corrected chi connectivity index (χ3v) is 4.93. The molecular weight excluding hydrogens is 316 g/mol. The Balaban J connectivity index is 1.37. The molecule has 1 aliphatic rings. The van der Waals surface area contributed by atoms with Crippen LogP contribution in [0.4, 0.5) is 0 Å². The number of hydrogen-bond donors (Lipinski definition) is 2. The van der Waals surface area contributed by atoms with Crippen LogP contribution < -0.4 is 10.6 Å². The summed E-state index contributed by atoms with van der Waals surface area (Å²) in [5.74, 6) is 0.0802. The molecule has 0 spiro atoms. The molecule has 25 heavy (non-hydrogen) atoms. The van der Waals surface area contributed by atoms with Crippen molar-refractivity contribution < 1.29 is 14.0 Å². The van der Waals surface area contributed by atoms with Crippen molar-refractivity contribution in [3.05, 3.63) is 60.1 Å². The highest BCUT2D eigenvalue weighted by Gasteiger charge is 2.38. The molecule has 1 fully saturated rings. The number of nitrogens with one attached hydrogen (secondary N) is 2. The van der Waals surface area contributed by atoms with Crippen molar-refractivity contribution in [2.45, 2.75) is 37.5 Å². The summed E-state index contributed by atoms with van der Waals surface area (Å²) in [5.41, 5.74) is 1.41. The summed E-state index contributed by atoms with van der Waals surface area (Å²) >= 11 is 0. The zero-order valence-electron chi connectivity index (χ0n) is 14.3. The van der Waals surface area contributed by atoms with E-state index in [1.165, 1.54) is 18.2 Å². The molecule has 5 heteroatoms. The van der Waals surface area contributed by atoms with Crippen LogP contribution in [0.2, 0.25) is 0 Å². The molecule has 0 bridgehead atoms. The first kappa shape index (κ1) is 17.3. The van der Waals surface area contributed by atoms with Gasteiger partial charge in [0.15, 0.2) is 5.76 Å². The van der Waals surface area contributed by atoms with Crippen molar-refractivity contribution >= 4 is 11.8 Å². The van der Waals surface area contributed by atoms with E-state index in [0.29, 0.717) is 31.7 Å². The largest absolute Gasteiger partial charge is 0.459 e. The first-order chi connectivity index (χ1) is 12.2. The molecule has 132 valence electrons. The highest BCUT2D eigenvalue weighted by molar-refractivity contribution is 5.91. The van der Waals surface area contributed by atoms with Crippen LogP contribution in [0, 0.1) is 0 Å². The molecular formula is C20H24N2O3. The summed E-state index contributed by atoms with van der Waals surface area (Å²) in [6, 6.07) is 13.7. The molecule has 2 amide bonds. The summed E-state index contributed by atoms with van der Waals surface area (Å²) in [5, 5.41) is 5.82. The van der Waals surface area contributed by atoms with Gasteiger partial charge in [-0.05, 0) is 37.0 Å². The lowest BCUT2D eigenvalue weighted by Crippen LogP contribution is -2.45. The second kappa shape index (κ2) is 8.01. The molecule has 5 nitrogen and oxygen atoms in total. The topological polar surface area (TPSA) is 71.3 Å². The predicted octanol–water partition coefficient (Wildman–Crippen LogP) is 3.03. The third kappa shape index (κ3) is 4.29. The first-order valence-corrected chi connectivity index (χ1v) is 8.84. The van der Waals surface area contributed by atoms with Crippen LogP contribution in [0.3, 0.4) is 0 Å². The van der Waals surface area contributed by atoms with Gasteiger partial charge in [-0.1, -0.05) is 36.8 Å². The van der Waals surface area contributed by atoms with Gasteiger partial charge in [-0.3, -0.25) is 9.59 Å². The monoisotopic (exact) mass is 340 g/mol. The van der Waals surface area contributed by atoms with Crippen LogP contribution in [-0.2, 0) is 10.2 Å². The smallest absolute Gasteiger partial charge is 0.286 e. The lowest BCUT2D eigenvalue weighted by molar-refractivity contribution is -0.121. The van der Waals surface area contributed by atoms with Crippen LogP contribution in [0.1, 0.15) is 48.2 Å². The third-order valence-electron chi connectivity index (χ3n) is 4.93. The van der Waals surface area contributed by atoms with Gasteiger partial charge in [-0.15, -0.1) is 0 Å². The maximum atomic E-state index is 12.1. The Hall–Kier alpha value is -2.56. The number of rotatable bonds is 8. The molecule has 0 saturated heterocycles. The second-order valence-electron chi connectivity index (χ2n) is 6.61. The number of hydrogen-bond acceptors (Lipinski definition) is 3. The minimum absolute atomic E-state index is 0.0365. The Kier molecular flexibility index (Phi) is 5.53. The second-order valence-corrected chi connectivity index (χ2v) is 6.61. The van der Waals surface area contributed by atoms with Gasteiger partial charge in [-0.2, -0.15) is 0 Å². The average molecular weight is 340 g/mol. The van der Waals surface area contributed by atoms with Gasteiger partial charge >= 0.3 is 0 Å². The van der Waals surface area contributed by atoms with Crippen molar-refractivity contribution in [3.63, 3.8) is 0 Å². The molecule has 1 saturated carbocycles. The van der Waals surface area contributed by atoms with Crippen molar-refractivity contribution in [1.82, 2.24) is 10.6 Å². The van der Waals surface area contributed by atoms with E-state index in [0.717, 1.165) is 12.8 Å². The summed E-state index contributed by atoms with van der Waals surface area (Å²) in [6.07, 6.45) is 5.93.